The van der Waals surface area contributed by atoms with Gasteiger partial charge in [-0.2, -0.15) is 9.97 Å². The first kappa shape index (κ1) is 18.2. The van der Waals surface area contributed by atoms with Crippen LogP contribution < -0.4 is 16.0 Å². The summed E-state index contributed by atoms with van der Waals surface area (Å²) < 4.78 is 0. The number of piperazine rings is 1. The zero-order valence-corrected chi connectivity index (χ0v) is 15.1. The fourth-order valence-corrected chi connectivity index (χ4v) is 2.93. The Balaban J connectivity index is 1.92. The fourth-order valence-electron chi connectivity index (χ4n) is 2.80. The second kappa shape index (κ2) is 7.71. The highest BCUT2D eigenvalue weighted by Gasteiger charge is 2.26. The van der Waals surface area contributed by atoms with Gasteiger partial charge in [0, 0.05) is 36.9 Å². The molecule has 0 bridgehead atoms. The van der Waals surface area contributed by atoms with Gasteiger partial charge in [-0.25, -0.2) is 0 Å². The van der Waals surface area contributed by atoms with Crippen LogP contribution >= 0.6 is 11.6 Å². The van der Waals surface area contributed by atoms with Gasteiger partial charge < -0.3 is 20.9 Å². The van der Waals surface area contributed by atoms with Gasteiger partial charge in [-0.05, 0) is 30.8 Å². The quantitative estimate of drug-likeness (QED) is 0.603. The van der Waals surface area contributed by atoms with Crippen molar-refractivity contribution in [1.82, 2.24) is 14.9 Å². The van der Waals surface area contributed by atoms with E-state index in [1.54, 1.807) is 24.3 Å². The number of hydrogen-bond donors (Lipinski definition) is 2. The van der Waals surface area contributed by atoms with Gasteiger partial charge in [0.15, 0.2) is 0 Å². The Morgan fingerprint density at radius 3 is 2.46 bits per heavy atom. The summed E-state index contributed by atoms with van der Waals surface area (Å²) in [5.41, 5.74) is 6.16. The standard InChI is InChI=1S/C16H20ClN7O2/c1-2-22-7-9-23(10-8-22)16-20-14(18)13(24(25)26)15(21-16)19-12-5-3-11(17)4-6-12/h3-6H,2,7-10H2,1H3,(H3,18,19,20,21). The van der Waals surface area contributed by atoms with E-state index < -0.39 is 4.92 Å². The molecule has 0 aliphatic carbocycles. The summed E-state index contributed by atoms with van der Waals surface area (Å²) in [7, 11) is 0. The smallest absolute Gasteiger partial charge is 0.353 e. The lowest BCUT2D eigenvalue weighted by atomic mass is 10.3. The van der Waals surface area contributed by atoms with Gasteiger partial charge in [-0.15, -0.1) is 0 Å². The van der Waals surface area contributed by atoms with Gasteiger partial charge in [-0.1, -0.05) is 18.5 Å². The van der Waals surface area contributed by atoms with Crippen molar-refractivity contribution in [1.29, 1.82) is 0 Å². The second-order valence-electron chi connectivity index (χ2n) is 5.92. The van der Waals surface area contributed by atoms with Gasteiger partial charge in [0.2, 0.25) is 17.6 Å². The second-order valence-corrected chi connectivity index (χ2v) is 6.35. The number of nitro groups is 1. The van der Waals surface area contributed by atoms with E-state index in [1.165, 1.54) is 0 Å². The molecule has 1 saturated heterocycles. The molecule has 0 atom stereocenters. The number of nitrogens with zero attached hydrogens (tertiary/aromatic N) is 5. The lowest BCUT2D eigenvalue weighted by molar-refractivity contribution is -0.383. The highest BCUT2D eigenvalue weighted by Crippen LogP contribution is 2.32. The topological polar surface area (TPSA) is 113 Å². The molecule has 0 spiro atoms. The first-order valence-corrected chi connectivity index (χ1v) is 8.67. The van der Waals surface area contributed by atoms with Gasteiger partial charge in [0.25, 0.3) is 0 Å². The predicted molar refractivity (Wildman–Crippen MR) is 102 cm³/mol. The summed E-state index contributed by atoms with van der Waals surface area (Å²) >= 11 is 5.88. The number of aromatic nitrogens is 2. The zero-order chi connectivity index (χ0) is 18.7. The van der Waals surface area contributed by atoms with E-state index in [2.05, 4.69) is 27.1 Å². The van der Waals surface area contributed by atoms with Crippen molar-refractivity contribution in [2.24, 2.45) is 0 Å². The number of nitrogens with one attached hydrogen (secondary N) is 1. The third-order valence-electron chi connectivity index (χ3n) is 4.29. The van der Waals surface area contributed by atoms with Crippen molar-refractivity contribution in [3.63, 3.8) is 0 Å². The summed E-state index contributed by atoms with van der Waals surface area (Å²) in [6.45, 7) is 6.36. The molecule has 3 N–H and O–H groups in total. The number of likely N-dealkylation sites (N-methyl/N-ethyl adjacent to an activating group) is 1. The van der Waals surface area contributed by atoms with E-state index in [-0.39, 0.29) is 17.3 Å². The van der Waals surface area contributed by atoms with Crippen LogP contribution in [0.1, 0.15) is 6.92 Å². The van der Waals surface area contributed by atoms with Crippen LogP contribution in [0.5, 0.6) is 0 Å². The molecule has 3 rings (SSSR count). The molecular weight excluding hydrogens is 358 g/mol. The summed E-state index contributed by atoms with van der Waals surface area (Å²) in [6, 6.07) is 6.80. The molecule has 0 amide bonds. The Kier molecular flexibility index (Phi) is 5.38. The number of nitrogens with two attached hydrogens (primary N) is 1. The van der Waals surface area contributed by atoms with E-state index in [0.717, 1.165) is 32.7 Å². The van der Waals surface area contributed by atoms with E-state index in [9.17, 15) is 10.1 Å². The van der Waals surface area contributed by atoms with Crippen LogP contribution in [0.3, 0.4) is 0 Å². The normalized spacial score (nSPS) is 15.1. The van der Waals surface area contributed by atoms with Gasteiger partial charge >= 0.3 is 5.69 Å². The summed E-state index contributed by atoms with van der Waals surface area (Å²) in [5.74, 6) is 0.299. The molecule has 26 heavy (non-hydrogen) atoms. The first-order chi connectivity index (χ1) is 12.5. The first-order valence-electron chi connectivity index (χ1n) is 8.29. The Labute approximate surface area is 155 Å². The predicted octanol–water partition coefficient (Wildman–Crippen LogP) is 2.51. The van der Waals surface area contributed by atoms with E-state index in [1.807, 2.05) is 4.90 Å². The molecule has 2 heterocycles. The maximum Gasteiger partial charge on any atom is 0.353 e. The average molecular weight is 378 g/mol. The van der Waals surface area contributed by atoms with Crippen LogP contribution in [0.15, 0.2) is 24.3 Å². The highest BCUT2D eigenvalue weighted by atomic mass is 35.5. The molecule has 10 heteroatoms. The van der Waals surface area contributed by atoms with Crippen molar-refractivity contribution in [2.45, 2.75) is 6.92 Å². The molecule has 1 aliphatic rings. The monoisotopic (exact) mass is 377 g/mol. The molecule has 138 valence electrons. The third-order valence-corrected chi connectivity index (χ3v) is 4.54. The van der Waals surface area contributed by atoms with Crippen molar-refractivity contribution in [2.75, 3.05) is 48.7 Å². The Bertz CT molecular complexity index is 792. The molecule has 0 unspecified atom stereocenters. The van der Waals surface area contributed by atoms with Crippen molar-refractivity contribution in [3.8, 4) is 0 Å². The highest BCUT2D eigenvalue weighted by molar-refractivity contribution is 6.30. The van der Waals surface area contributed by atoms with Crippen LogP contribution in [-0.4, -0.2) is 52.5 Å². The maximum absolute atomic E-state index is 11.4. The van der Waals surface area contributed by atoms with E-state index in [0.29, 0.717) is 16.7 Å². The minimum atomic E-state index is -0.577. The number of halogens is 1. The van der Waals surface area contributed by atoms with E-state index >= 15 is 0 Å². The van der Waals surface area contributed by atoms with Crippen molar-refractivity contribution in [3.05, 3.63) is 39.4 Å². The molecule has 1 fully saturated rings. The molecule has 2 aromatic rings. The minimum Gasteiger partial charge on any atom is -0.378 e. The number of anilines is 4. The molecule has 0 radical (unpaired) electrons. The Hall–Kier alpha value is -2.65. The third kappa shape index (κ3) is 3.94. The molecule has 1 aliphatic heterocycles. The molecule has 0 saturated carbocycles. The number of nitrogen functional groups attached to an aromatic ring is 1. The van der Waals surface area contributed by atoms with E-state index in [4.69, 9.17) is 17.3 Å². The van der Waals surface area contributed by atoms with Gasteiger partial charge in [-0.3, -0.25) is 10.1 Å². The number of benzene rings is 1. The zero-order valence-electron chi connectivity index (χ0n) is 14.4. The SMILES string of the molecule is CCN1CCN(c2nc(N)c([N+](=O)[O-])c(Nc3ccc(Cl)cc3)n2)CC1. The minimum absolute atomic E-state index is 0.0674. The Morgan fingerprint density at radius 1 is 1.23 bits per heavy atom. The lowest BCUT2D eigenvalue weighted by Crippen LogP contribution is -2.46. The van der Waals surface area contributed by atoms with Crippen molar-refractivity contribution >= 4 is 40.6 Å². The van der Waals surface area contributed by atoms with Gasteiger partial charge in [0.05, 0.1) is 4.92 Å². The molecule has 1 aromatic heterocycles. The number of hydrogen-bond acceptors (Lipinski definition) is 8. The van der Waals surface area contributed by atoms with Crippen LogP contribution in [0.4, 0.5) is 29.0 Å². The lowest BCUT2D eigenvalue weighted by Gasteiger charge is -2.34. The summed E-state index contributed by atoms with van der Waals surface area (Å²) in [6.07, 6.45) is 0. The largest absolute Gasteiger partial charge is 0.378 e. The Morgan fingerprint density at radius 2 is 1.88 bits per heavy atom. The van der Waals surface area contributed by atoms with Crippen molar-refractivity contribution < 1.29 is 4.92 Å². The summed E-state index contributed by atoms with van der Waals surface area (Å²) in [5, 5.41) is 14.9. The molecular formula is C16H20ClN7O2. The van der Waals surface area contributed by atoms with Gasteiger partial charge in [0.1, 0.15) is 0 Å². The summed E-state index contributed by atoms with van der Waals surface area (Å²) in [4.78, 5) is 23.7. The molecule has 1 aromatic carbocycles. The average Bonchev–Trinajstić information content (AvgIpc) is 2.63. The fraction of sp³-hybridized carbons (Fsp3) is 0.375. The van der Waals surface area contributed by atoms with Crippen LogP contribution in [0.25, 0.3) is 0 Å². The van der Waals surface area contributed by atoms with Crippen LogP contribution in [-0.2, 0) is 0 Å². The van der Waals surface area contributed by atoms with Crippen LogP contribution in [0.2, 0.25) is 5.02 Å². The van der Waals surface area contributed by atoms with Crippen LogP contribution in [0, 0.1) is 10.1 Å². The number of rotatable bonds is 5. The molecule has 9 nitrogen and oxygen atoms in total. The maximum atomic E-state index is 11.4.